The summed E-state index contributed by atoms with van der Waals surface area (Å²) in [7, 11) is 0. The Morgan fingerprint density at radius 1 is 1.19 bits per heavy atom. The zero-order valence-electron chi connectivity index (χ0n) is 15.1. The summed E-state index contributed by atoms with van der Waals surface area (Å²) in [6, 6.07) is 17.2. The summed E-state index contributed by atoms with van der Waals surface area (Å²) in [5.74, 6) is 0.274. The second-order valence-corrected chi connectivity index (χ2v) is 7.99. The van der Waals surface area contributed by atoms with E-state index >= 15 is 0 Å². The molecule has 4 rings (SSSR count). The lowest BCUT2D eigenvalue weighted by atomic mass is 9.96. The Balaban J connectivity index is 1.92. The molecule has 2 heterocycles. The number of fused-ring (bicyclic) bond motifs is 1. The largest absolute Gasteiger partial charge is 0.354 e. The SMILES string of the molecule is CCC(C)N1C(=O)CCC1c1c(-c2ccc(Br)cc2)[nH]c2ccccc12. The van der Waals surface area contributed by atoms with Crippen LogP contribution in [0, 0.1) is 0 Å². The number of para-hydroxylation sites is 1. The molecule has 1 aliphatic heterocycles. The molecule has 0 saturated carbocycles. The van der Waals surface area contributed by atoms with Gasteiger partial charge in [-0.05, 0) is 43.5 Å². The highest BCUT2D eigenvalue weighted by Gasteiger charge is 2.37. The average Bonchev–Trinajstić information content (AvgIpc) is 3.22. The zero-order chi connectivity index (χ0) is 18.3. The van der Waals surface area contributed by atoms with E-state index in [0.717, 1.165) is 34.1 Å². The number of nitrogens with one attached hydrogen (secondary N) is 1. The Morgan fingerprint density at radius 3 is 2.65 bits per heavy atom. The first-order chi connectivity index (χ1) is 12.6. The highest BCUT2D eigenvalue weighted by Crippen LogP contribution is 2.43. The van der Waals surface area contributed by atoms with Crippen LogP contribution in [0.1, 0.15) is 44.7 Å². The molecule has 3 nitrogen and oxygen atoms in total. The summed E-state index contributed by atoms with van der Waals surface area (Å²) in [5, 5.41) is 1.22. The maximum Gasteiger partial charge on any atom is 0.223 e. The molecule has 2 unspecified atom stereocenters. The molecular formula is C22H23BrN2O. The van der Waals surface area contributed by atoms with E-state index in [2.05, 4.69) is 88.2 Å². The van der Waals surface area contributed by atoms with E-state index in [0.29, 0.717) is 6.42 Å². The van der Waals surface area contributed by atoms with Crippen LogP contribution in [0.25, 0.3) is 22.2 Å². The first-order valence-corrected chi connectivity index (χ1v) is 10.1. The molecule has 0 aliphatic carbocycles. The monoisotopic (exact) mass is 410 g/mol. The van der Waals surface area contributed by atoms with Gasteiger partial charge in [0.15, 0.2) is 0 Å². The number of aromatic nitrogens is 1. The van der Waals surface area contributed by atoms with Crippen LogP contribution in [0.2, 0.25) is 0 Å². The van der Waals surface area contributed by atoms with Crippen LogP contribution in [0.4, 0.5) is 0 Å². The second kappa shape index (κ2) is 6.92. The number of nitrogens with zero attached hydrogens (tertiary/aromatic N) is 1. The Bertz CT molecular complexity index is 944. The number of H-pyrrole nitrogens is 1. The van der Waals surface area contributed by atoms with Gasteiger partial charge in [-0.2, -0.15) is 0 Å². The van der Waals surface area contributed by atoms with E-state index < -0.39 is 0 Å². The zero-order valence-corrected chi connectivity index (χ0v) is 16.7. The molecule has 1 aromatic heterocycles. The number of hydrogen-bond donors (Lipinski definition) is 1. The van der Waals surface area contributed by atoms with Gasteiger partial charge in [0.2, 0.25) is 5.91 Å². The lowest BCUT2D eigenvalue weighted by Crippen LogP contribution is -2.35. The van der Waals surface area contributed by atoms with Gasteiger partial charge in [0.25, 0.3) is 0 Å². The van der Waals surface area contributed by atoms with E-state index in [1.54, 1.807) is 0 Å². The van der Waals surface area contributed by atoms with Gasteiger partial charge in [-0.15, -0.1) is 0 Å². The van der Waals surface area contributed by atoms with Crippen LogP contribution in [-0.2, 0) is 4.79 Å². The van der Waals surface area contributed by atoms with E-state index in [1.807, 2.05) is 0 Å². The Labute approximate surface area is 162 Å². The molecule has 2 atom stereocenters. The Kier molecular flexibility index (Phi) is 4.62. The molecule has 26 heavy (non-hydrogen) atoms. The van der Waals surface area contributed by atoms with E-state index in [-0.39, 0.29) is 18.0 Å². The molecule has 0 radical (unpaired) electrons. The van der Waals surface area contributed by atoms with Gasteiger partial charge in [0.1, 0.15) is 0 Å². The van der Waals surface area contributed by atoms with Crippen LogP contribution < -0.4 is 0 Å². The van der Waals surface area contributed by atoms with Crippen molar-refractivity contribution in [1.29, 1.82) is 0 Å². The van der Waals surface area contributed by atoms with Gasteiger partial charge in [-0.1, -0.05) is 53.2 Å². The molecule has 1 amide bonds. The number of benzene rings is 2. The van der Waals surface area contributed by atoms with Crippen molar-refractivity contribution >= 4 is 32.7 Å². The average molecular weight is 411 g/mol. The van der Waals surface area contributed by atoms with Crippen molar-refractivity contribution in [3.05, 3.63) is 58.6 Å². The summed E-state index contributed by atoms with van der Waals surface area (Å²) in [6.45, 7) is 4.31. The summed E-state index contributed by atoms with van der Waals surface area (Å²) in [5.41, 5.74) is 4.67. The minimum Gasteiger partial charge on any atom is -0.354 e. The fourth-order valence-corrected chi connectivity index (χ4v) is 4.35. The van der Waals surface area contributed by atoms with Gasteiger partial charge in [-0.25, -0.2) is 0 Å². The van der Waals surface area contributed by atoms with Crippen molar-refractivity contribution in [2.45, 2.75) is 45.2 Å². The number of likely N-dealkylation sites (tertiary alicyclic amines) is 1. The molecule has 1 aliphatic rings. The normalized spacial score (nSPS) is 18.7. The number of hydrogen-bond acceptors (Lipinski definition) is 1. The molecular weight excluding hydrogens is 388 g/mol. The molecule has 2 aromatic carbocycles. The fourth-order valence-electron chi connectivity index (χ4n) is 4.09. The molecule has 0 bridgehead atoms. The maximum atomic E-state index is 12.6. The quantitative estimate of drug-likeness (QED) is 0.557. The summed E-state index contributed by atoms with van der Waals surface area (Å²) >= 11 is 3.52. The minimum absolute atomic E-state index is 0.132. The summed E-state index contributed by atoms with van der Waals surface area (Å²) in [4.78, 5) is 18.3. The van der Waals surface area contributed by atoms with Crippen molar-refractivity contribution < 1.29 is 4.79 Å². The van der Waals surface area contributed by atoms with Crippen LogP contribution >= 0.6 is 15.9 Å². The first-order valence-electron chi connectivity index (χ1n) is 9.28. The van der Waals surface area contributed by atoms with Crippen LogP contribution in [0.3, 0.4) is 0 Å². The molecule has 3 aromatic rings. The van der Waals surface area contributed by atoms with Gasteiger partial charge < -0.3 is 9.88 Å². The number of aromatic amines is 1. The standard InChI is InChI=1S/C22H23BrN2O/c1-3-14(2)25-19(12-13-20(25)26)21-17-6-4-5-7-18(17)24-22(21)15-8-10-16(23)11-9-15/h4-11,14,19,24H,3,12-13H2,1-2H3. The minimum atomic E-state index is 0.132. The summed E-state index contributed by atoms with van der Waals surface area (Å²) < 4.78 is 1.07. The van der Waals surface area contributed by atoms with Crippen molar-refractivity contribution in [1.82, 2.24) is 9.88 Å². The van der Waals surface area contributed by atoms with Gasteiger partial charge in [0.05, 0.1) is 11.7 Å². The molecule has 1 fully saturated rings. The number of rotatable bonds is 4. The Hall–Kier alpha value is -2.07. The third-order valence-corrected chi connectivity index (χ3v) is 6.06. The first kappa shape index (κ1) is 17.3. The number of halogens is 1. The van der Waals surface area contributed by atoms with E-state index in [4.69, 9.17) is 0 Å². The van der Waals surface area contributed by atoms with Crippen molar-refractivity contribution in [3.63, 3.8) is 0 Å². The van der Waals surface area contributed by atoms with E-state index in [9.17, 15) is 4.79 Å². The summed E-state index contributed by atoms with van der Waals surface area (Å²) in [6.07, 6.45) is 2.49. The van der Waals surface area contributed by atoms with Gasteiger partial charge in [-0.3, -0.25) is 4.79 Å². The maximum absolute atomic E-state index is 12.6. The fraction of sp³-hybridized carbons (Fsp3) is 0.318. The number of amides is 1. The van der Waals surface area contributed by atoms with Gasteiger partial charge >= 0.3 is 0 Å². The third kappa shape index (κ3) is 2.86. The molecule has 1 N–H and O–H groups in total. The van der Waals surface area contributed by atoms with Crippen molar-refractivity contribution in [2.75, 3.05) is 0 Å². The van der Waals surface area contributed by atoms with Crippen molar-refractivity contribution in [3.8, 4) is 11.3 Å². The predicted molar refractivity (Wildman–Crippen MR) is 110 cm³/mol. The number of carbonyl (C=O) groups excluding carboxylic acids is 1. The molecule has 4 heteroatoms. The van der Waals surface area contributed by atoms with Crippen LogP contribution in [0.5, 0.6) is 0 Å². The third-order valence-electron chi connectivity index (χ3n) is 5.53. The smallest absolute Gasteiger partial charge is 0.223 e. The molecule has 134 valence electrons. The lowest BCUT2D eigenvalue weighted by Gasteiger charge is -2.31. The second-order valence-electron chi connectivity index (χ2n) is 7.08. The van der Waals surface area contributed by atoms with Gasteiger partial charge in [0, 0.05) is 33.4 Å². The van der Waals surface area contributed by atoms with E-state index in [1.165, 1.54) is 10.9 Å². The van der Waals surface area contributed by atoms with Crippen molar-refractivity contribution in [2.24, 2.45) is 0 Å². The van der Waals surface area contributed by atoms with Crippen LogP contribution in [-0.4, -0.2) is 21.8 Å². The Morgan fingerprint density at radius 2 is 1.92 bits per heavy atom. The number of carbonyl (C=O) groups is 1. The molecule has 1 saturated heterocycles. The highest BCUT2D eigenvalue weighted by atomic mass is 79.9. The highest BCUT2D eigenvalue weighted by molar-refractivity contribution is 9.10. The van der Waals surface area contributed by atoms with Crippen LogP contribution in [0.15, 0.2) is 53.0 Å². The molecule has 0 spiro atoms. The predicted octanol–water partition coefficient (Wildman–Crippen LogP) is 6.06. The topological polar surface area (TPSA) is 36.1 Å². The lowest BCUT2D eigenvalue weighted by molar-refractivity contribution is -0.131.